The monoisotopic (exact) mass is 220 g/mol. The van der Waals surface area contributed by atoms with Crippen molar-refractivity contribution < 1.29 is 0 Å². The minimum absolute atomic E-state index is 0.270. The predicted molar refractivity (Wildman–Crippen MR) is 60.6 cm³/mol. The Morgan fingerprint density at radius 1 is 1.40 bits per heavy atom. The van der Waals surface area contributed by atoms with E-state index in [1.54, 1.807) is 29.9 Å². The highest BCUT2D eigenvalue weighted by atomic mass is 32.1. The molecule has 2 heterocycles. The largest absolute Gasteiger partial charge is 0.312 e. The first-order valence-corrected chi connectivity index (χ1v) is 5.58. The Hall–Kier alpha value is -1.33. The molecule has 0 bridgehead atoms. The normalized spacial score (nSPS) is 12.7. The third-order valence-corrected chi connectivity index (χ3v) is 3.06. The second-order valence-corrected chi connectivity index (χ2v) is 4.04. The summed E-state index contributed by atoms with van der Waals surface area (Å²) in [5.74, 6) is 0. The van der Waals surface area contributed by atoms with Gasteiger partial charge >= 0.3 is 0 Å². The van der Waals surface area contributed by atoms with E-state index in [1.807, 2.05) is 12.4 Å². The van der Waals surface area contributed by atoms with Crippen LogP contribution in [0.5, 0.6) is 0 Å². The van der Waals surface area contributed by atoms with Crippen LogP contribution in [0.3, 0.4) is 0 Å². The minimum Gasteiger partial charge on any atom is -0.312 e. The number of rotatable bonds is 3. The van der Waals surface area contributed by atoms with E-state index in [2.05, 4.69) is 27.2 Å². The Morgan fingerprint density at radius 3 is 2.93 bits per heavy atom. The number of thiazole rings is 1. The van der Waals surface area contributed by atoms with Gasteiger partial charge in [-0.2, -0.15) is 0 Å². The summed E-state index contributed by atoms with van der Waals surface area (Å²) >= 11 is 1.59. The van der Waals surface area contributed by atoms with E-state index >= 15 is 0 Å². The van der Waals surface area contributed by atoms with Crippen molar-refractivity contribution in [3.05, 3.63) is 29.7 Å². The Labute approximate surface area is 92.4 Å². The molecule has 0 aliphatic carbocycles. The maximum Gasteiger partial charge on any atom is 0.143 e. The SMILES string of the molecule is CNC(C)c1csc(-c2cnccn2)n1. The molecule has 2 aromatic rings. The van der Waals surface area contributed by atoms with E-state index in [1.165, 1.54) is 0 Å². The first-order valence-electron chi connectivity index (χ1n) is 4.70. The number of nitrogens with one attached hydrogen (secondary N) is 1. The van der Waals surface area contributed by atoms with Crippen LogP contribution in [0, 0.1) is 0 Å². The molecule has 0 amide bonds. The molecule has 2 rings (SSSR count). The van der Waals surface area contributed by atoms with Gasteiger partial charge in [0.2, 0.25) is 0 Å². The van der Waals surface area contributed by atoms with Crippen molar-refractivity contribution in [2.75, 3.05) is 7.05 Å². The van der Waals surface area contributed by atoms with Crippen molar-refractivity contribution in [2.24, 2.45) is 0 Å². The topological polar surface area (TPSA) is 50.7 Å². The van der Waals surface area contributed by atoms with Gasteiger partial charge in [-0.1, -0.05) is 0 Å². The summed E-state index contributed by atoms with van der Waals surface area (Å²) in [5.41, 5.74) is 1.88. The summed E-state index contributed by atoms with van der Waals surface area (Å²) in [6, 6.07) is 0.270. The molecule has 0 saturated heterocycles. The van der Waals surface area contributed by atoms with Crippen molar-refractivity contribution in [3.63, 3.8) is 0 Å². The van der Waals surface area contributed by atoms with Gasteiger partial charge in [0.1, 0.15) is 10.7 Å². The molecule has 4 nitrogen and oxygen atoms in total. The van der Waals surface area contributed by atoms with Crippen molar-refractivity contribution in [3.8, 4) is 10.7 Å². The summed E-state index contributed by atoms with van der Waals surface area (Å²) in [5, 5.41) is 6.12. The predicted octanol–water partition coefficient (Wildman–Crippen LogP) is 1.88. The number of nitrogens with zero attached hydrogens (tertiary/aromatic N) is 3. The number of aromatic nitrogens is 3. The summed E-state index contributed by atoms with van der Waals surface area (Å²) in [6.45, 7) is 2.08. The van der Waals surface area contributed by atoms with Crippen LogP contribution in [0.4, 0.5) is 0 Å². The lowest BCUT2D eigenvalue weighted by Gasteiger charge is -2.04. The molecule has 0 saturated carbocycles. The summed E-state index contributed by atoms with van der Waals surface area (Å²) in [7, 11) is 1.92. The van der Waals surface area contributed by atoms with E-state index < -0.39 is 0 Å². The summed E-state index contributed by atoms with van der Waals surface area (Å²) < 4.78 is 0. The Morgan fingerprint density at radius 2 is 2.27 bits per heavy atom. The van der Waals surface area contributed by atoms with E-state index in [9.17, 15) is 0 Å². The zero-order chi connectivity index (χ0) is 10.7. The van der Waals surface area contributed by atoms with Gasteiger partial charge in [0.25, 0.3) is 0 Å². The highest BCUT2D eigenvalue weighted by Gasteiger charge is 2.09. The van der Waals surface area contributed by atoms with Gasteiger partial charge in [-0.15, -0.1) is 11.3 Å². The van der Waals surface area contributed by atoms with Crippen LogP contribution in [-0.2, 0) is 0 Å². The molecule has 0 fully saturated rings. The molecule has 2 aromatic heterocycles. The molecule has 0 aliphatic rings. The first kappa shape index (κ1) is 10.2. The first-order chi connectivity index (χ1) is 7.31. The van der Waals surface area contributed by atoms with Crippen LogP contribution in [0.15, 0.2) is 24.0 Å². The number of hydrogen-bond acceptors (Lipinski definition) is 5. The smallest absolute Gasteiger partial charge is 0.143 e. The van der Waals surface area contributed by atoms with E-state index in [0.717, 1.165) is 16.4 Å². The highest BCUT2D eigenvalue weighted by molar-refractivity contribution is 7.13. The molecule has 15 heavy (non-hydrogen) atoms. The average Bonchev–Trinajstić information content (AvgIpc) is 2.78. The zero-order valence-corrected chi connectivity index (χ0v) is 9.45. The molecule has 5 heteroatoms. The molecule has 0 spiro atoms. The average molecular weight is 220 g/mol. The summed E-state index contributed by atoms with van der Waals surface area (Å²) in [4.78, 5) is 12.7. The molecule has 1 unspecified atom stereocenters. The van der Waals surface area contributed by atoms with Gasteiger partial charge in [-0.25, -0.2) is 4.98 Å². The van der Waals surface area contributed by atoms with Crippen LogP contribution in [0.25, 0.3) is 10.7 Å². The van der Waals surface area contributed by atoms with Crippen LogP contribution < -0.4 is 5.32 Å². The van der Waals surface area contributed by atoms with E-state index in [-0.39, 0.29) is 6.04 Å². The van der Waals surface area contributed by atoms with E-state index in [0.29, 0.717) is 0 Å². The fourth-order valence-corrected chi connectivity index (χ4v) is 2.03. The van der Waals surface area contributed by atoms with Gasteiger partial charge in [-0.05, 0) is 14.0 Å². The van der Waals surface area contributed by atoms with Gasteiger partial charge < -0.3 is 5.32 Å². The third kappa shape index (κ3) is 2.19. The van der Waals surface area contributed by atoms with Gasteiger partial charge in [0, 0.05) is 23.8 Å². The number of hydrogen-bond donors (Lipinski definition) is 1. The van der Waals surface area contributed by atoms with Crippen LogP contribution in [-0.4, -0.2) is 22.0 Å². The van der Waals surface area contributed by atoms with Crippen molar-refractivity contribution >= 4 is 11.3 Å². The van der Waals surface area contributed by atoms with Crippen LogP contribution >= 0.6 is 11.3 Å². The Bertz CT molecular complexity index is 426. The van der Waals surface area contributed by atoms with Gasteiger partial charge in [0.05, 0.1) is 11.9 Å². The standard InChI is InChI=1S/C10H12N4S/c1-7(11-2)9-6-15-10(14-9)8-5-12-3-4-13-8/h3-7,11H,1-2H3. The fourth-order valence-electron chi connectivity index (χ4n) is 1.16. The fraction of sp³-hybridized carbons (Fsp3) is 0.300. The van der Waals surface area contributed by atoms with Crippen molar-refractivity contribution in [1.82, 2.24) is 20.3 Å². The zero-order valence-electron chi connectivity index (χ0n) is 8.64. The molecule has 0 radical (unpaired) electrons. The summed E-state index contributed by atoms with van der Waals surface area (Å²) in [6.07, 6.45) is 5.07. The maximum absolute atomic E-state index is 4.50. The molecule has 1 atom stereocenters. The lowest BCUT2D eigenvalue weighted by Crippen LogP contribution is -2.12. The maximum atomic E-state index is 4.50. The lowest BCUT2D eigenvalue weighted by atomic mass is 10.3. The minimum atomic E-state index is 0.270. The molecule has 1 N–H and O–H groups in total. The molecular weight excluding hydrogens is 208 g/mol. The highest BCUT2D eigenvalue weighted by Crippen LogP contribution is 2.23. The lowest BCUT2D eigenvalue weighted by molar-refractivity contribution is 0.637. The third-order valence-electron chi connectivity index (χ3n) is 2.18. The molecule has 0 aromatic carbocycles. The Kier molecular flexibility index (Phi) is 3.03. The molecular formula is C10H12N4S. The van der Waals surface area contributed by atoms with Crippen LogP contribution in [0.1, 0.15) is 18.7 Å². The quantitative estimate of drug-likeness (QED) is 0.858. The van der Waals surface area contributed by atoms with Gasteiger partial charge in [-0.3, -0.25) is 9.97 Å². The molecule has 0 aliphatic heterocycles. The van der Waals surface area contributed by atoms with Crippen LogP contribution in [0.2, 0.25) is 0 Å². The van der Waals surface area contributed by atoms with E-state index in [4.69, 9.17) is 0 Å². The van der Waals surface area contributed by atoms with Crippen molar-refractivity contribution in [1.29, 1.82) is 0 Å². The Balaban J connectivity index is 2.28. The second-order valence-electron chi connectivity index (χ2n) is 3.18. The van der Waals surface area contributed by atoms with Crippen molar-refractivity contribution in [2.45, 2.75) is 13.0 Å². The van der Waals surface area contributed by atoms with Gasteiger partial charge in [0.15, 0.2) is 0 Å². The molecule has 78 valence electrons. The second kappa shape index (κ2) is 4.46.